The smallest absolute Gasteiger partial charge is 0.211 e. The Balaban J connectivity index is 1.52. The Labute approximate surface area is 205 Å². The molecule has 2 aromatic carbocycles. The minimum Gasteiger partial charge on any atom is -0.493 e. The van der Waals surface area contributed by atoms with Crippen molar-refractivity contribution in [3.05, 3.63) is 53.2 Å². The van der Waals surface area contributed by atoms with Gasteiger partial charge in [0.05, 0.1) is 35.6 Å². The first-order valence-electron chi connectivity index (χ1n) is 11.4. The molecular formula is C25H28ClN3O4S. The Bertz CT molecular complexity index is 1330. The van der Waals surface area contributed by atoms with Crippen molar-refractivity contribution in [2.24, 2.45) is 5.92 Å². The number of rotatable bonds is 8. The lowest BCUT2D eigenvalue weighted by atomic mass is 10.0. The second-order valence-electron chi connectivity index (χ2n) is 8.61. The van der Waals surface area contributed by atoms with Gasteiger partial charge in [0.15, 0.2) is 5.75 Å². The number of benzene rings is 2. The van der Waals surface area contributed by atoms with E-state index in [0.717, 1.165) is 41.6 Å². The summed E-state index contributed by atoms with van der Waals surface area (Å²) in [5.41, 5.74) is 2.13. The van der Waals surface area contributed by atoms with E-state index in [2.05, 4.69) is 6.07 Å². The van der Waals surface area contributed by atoms with Crippen molar-refractivity contribution < 1.29 is 17.9 Å². The van der Waals surface area contributed by atoms with Crippen molar-refractivity contribution in [3.8, 4) is 23.3 Å². The number of hydrogen-bond donors (Lipinski definition) is 0. The van der Waals surface area contributed by atoms with Gasteiger partial charge in [0.2, 0.25) is 10.0 Å². The summed E-state index contributed by atoms with van der Waals surface area (Å²) in [6, 6.07) is 13.6. The van der Waals surface area contributed by atoms with Crippen LogP contribution >= 0.6 is 11.6 Å². The van der Waals surface area contributed by atoms with Crippen LogP contribution in [0.5, 0.6) is 11.5 Å². The standard InChI is InChI=1S/C25H28ClN3O4S/c1-3-11-32-25-20(15-27)12-21(14-23(25)26)29-10-8-19-13-22(6-7-24(19)29)33-17-18-5-4-9-28(16-18)34(2,30)31/h6-8,10,12-14,18H,3-5,9,11,16-17H2,1-2H3. The minimum atomic E-state index is -3.17. The summed E-state index contributed by atoms with van der Waals surface area (Å²) < 4.78 is 38.9. The van der Waals surface area contributed by atoms with E-state index >= 15 is 0 Å². The molecule has 2 heterocycles. The van der Waals surface area contributed by atoms with Gasteiger partial charge in [-0.25, -0.2) is 12.7 Å². The van der Waals surface area contributed by atoms with Crippen LogP contribution in [-0.2, 0) is 10.0 Å². The molecule has 0 amide bonds. The number of nitriles is 1. The van der Waals surface area contributed by atoms with Crippen LogP contribution in [0.15, 0.2) is 42.6 Å². The van der Waals surface area contributed by atoms with E-state index in [1.165, 1.54) is 10.6 Å². The molecule has 3 aromatic rings. The lowest BCUT2D eigenvalue weighted by Gasteiger charge is -2.30. The molecule has 0 saturated carbocycles. The maximum Gasteiger partial charge on any atom is 0.211 e. The van der Waals surface area contributed by atoms with Gasteiger partial charge in [-0.05, 0) is 55.7 Å². The van der Waals surface area contributed by atoms with Crippen LogP contribution in [0.2, 0.25) is 5.02 Å². The SMILES string of the molecule is CCCOc1c(Cl)cc(-n2ccc3cc(OCC4CCCN(S(C)(=O)=O)C4)ccc32)cc1C#N. The number of halogens is 1. The number of piperidine rings is 1. The second kappa shape index (κ2) is 10.3. The van der Waals surface area contributed by atoms with Crippen LogP contribution in [0.25, 0.3) is 16.6 Å². The Morgan fingerprint density at radius 2 is 2.03 bits per heavy atom. The highest BCUT2D eigenvalue weighted by Gasteiger charge is 2.26. The zero-order valence-corrected chi connectivity index (χ0v) is 20.9. The molecule has 1 fully saturated rings. The first kappa shape index (κ1) is 24.4. The fourth-order valence-electron chi connectivity index (χ4n) is 4.27. The Hall–Kier alpha value is -2.73. The zero-order valence-electron chi connectivity index (χ0n) is 19.3. The van der Waals surface area contributed by atoms with E-state index in [-0.39, 0.29) is 5.92 Å². The first-order chi connectivity index (χ1) is 16.3. The Kier molecular flexibility index (Phi) is 7.36. The van der Waals surface area contributed by atoms with E-state index in [9.17, 15) is 13.7 Å². The fraction of sp³-hybridized carbons (Fsp3) is 0.400. The van der Waals surface area contributed by atoms with Crippen molar-refractivity contribution in [2.45, 2.75) is 26.2 Å². The molecular weight excluding hydrogens is 474 g/mol. The molecule has 34 heavy (non-hydrogen) atoms. The van der Waals surface area contributed by atoms with E-state index in [1.807, 2.05) is 42.0 Å². The predicted molar refractivity (Wildman–Crippen MR) is 133 cm³/mol. The molecule has 7 nitrogen and oxygen atoms in total. The summed E-state index contributed by atoms with van der Waals surface area (Å²) in [5, 5.41) is 11.0. The maximum atomic E-state index is 11.8. The largest absolute Gasteiger partial charge is 0.493 e. The highest BCUT2D eigenvalue weighted by molar-refractivity contribution is 7.88. The molecule has 1 aliphatic rings. The van der Waals surface area contributed by atoms with Crippen molar-refractivity contribution >= 4 is 32.5 Å². The molecule has 4 rings (SSSR count). The molecule has 1 atom stereocenters. The van der Waals surface area contributed by atoms with Crippen molar-refractivity contribution in [1.82, 2.24) is 8.87 Å². The molecule has 0 aliphatic carbocycles. The number of nitrogens with zero attached hydrogens (tertiary/aromatic N) is 3. The number of fused-ring (bicyclic) bond motifs is 1. The molecule has 1 saturated heterocycles. The Morgan fingerprint density at radius 3 is 2.76 bits per heavy atom. The van der Waals surface area contributed by atoms with E-state index in [4.69, 9.17) is 21.1 Å². The number of ether oxygens (including phenoxy) is 2. The van der Waals surface area contributed by atoms with Crippen LogP contribution in [0.3, 0.4) is 0 Å². The number of aromatic nitrogens is 1. The van der Waals surface area contributed by atoms with Crippen LogP contribution in [0, 0.1) is 17.2 Å². The fourth-order valence-corrected chi connectivity index (χ4v) is 5.48. The predicted octanol–water partition coefficient (Wildman–Crippen LogP) is 4.99. The quantitative estimate of drug-likeness (QED) is 0.434. The van der Waals surface area contributed by atoms with Crippen LogP contribution in [0.1, 0.15) is 31.7 Å². The van der Waals surface area contributed by atoms with Gasteiger partial charge in [-0.3, -0.25) is 0 Å². The van der Waals surface area contributed by atoms with Crippen molar-refractivity contribution in [3.63, 3.8) is 0 Å². The van der Waals surface area contributed by atoms with E-state index in [1.54, 1.807) is 12.1 Å². The molecule has 9 heteroatoms. The normalized spacial score (nSPS) is 16.9. The monoisotopic (exact) mass is 501 g/mol. The highest BCUT2D eigenvalue weighted by atomic mass is 35.5. The first-order valence-corrected chi connectivity index (χ1v) is 13.6. The molecule has 0 N–H and O–H groups in total. The summed E-state index contributed by atoms with van der Waals surface area (Å²) in [7, 11) is -3.17. The van der Waals surface area contributed by atoms with Gasteiger partial charge in [-0.1, -0.05) is 18.5 Å². The third-order valence-electron chi connectivity index (χ3n) is 5.98. The highest BCUT2D eigenvalue weighted by Crippen LogP contribution is 2.34. The molecule has 1 unspecified atom stereocenters. The van der Waals surface area contributed by atoms with Gasteiger partial charge in [0.1, 0.15) is 11.8 Å². The van der Waals surface area contributed by atoms with Gasteiger partial charge >= 0.3 is 0 Å². The third-order valence-corrected chi connectivity index (χ3v) is 7.53. The average molecular weight is 502 g/mol. The van der Waals surface area contributed by atoms with Crippen molar-refractivity contribution in [1.29, 1.82) is 5.26 Å². The molecule has 1 aliphatic heterocycles. The summed E-state index contributed by atoms with van der Waals surface area (Å²) in [4.78, 5) is 0. The molecule has 0 radical (unpaired) electrons. The minimum absolute atomic E-state index is 0.170. The topological polar surface area (TPSA) is 84.6 Å². The summed E-state index contributed by atoms with van der Waals surface area (Å²) >= 11 is 6.45. The van der Waals surface area contributed by atoms with Crippen molar-refractivity contribution in [2.75, 3.05) is 32.6 Å². The van der Waals surface area contributed by atoms with Gasteiger partial charge in [0.25, 0.3) is 0 Å². The lowest BCUT2D eigenvalue weighted by molar-refractivity contribution is 0.181. The maximum absolute atomic E-state index is 11.8. The molecule has 0 spiro atoms. The lowest BCUT2D eigenvalue weighted by Crippen LogP contribution is -2.40. The van der Waals surface area contributed by atoms with Crippen LogP contribution in [-0.4, -0.2) is 49.8 Å². The number of sulfonamides is 1. The summed E-state index contributed by atoms with van der Waals surface area (Å²) in [6.07, 6.45) is 5.81. The Morgan fingerprint density at radius 1 is 1.21 bits per heavy atom. The van der Waals surface area contributed by atoms with E-state index in [0.29, 0.717) is 42.6 Å². The summed E-state index contributed by atoms with van der Waals surface area (Å²) in [6.45, 7) is 4.04. The van der Waals surface area contributed by atoms with Crippen LogP contribution < -0.4 is 9.47 Å². The van der Waals surface area contributed by atoms with Gasteiger partial charge < -0.3 is 14.0 Å². The third kappa shape index (κ3) is 5.33. The van der Waals surface area contributed by atoms with E-state index < -0.39 is 10.0 Å². The molecule has 0 bridgehead atoms. The molecule has 180 valence electrons. The average Bonchev–Trinajstić information content (AvgIpc) is 3.24. The zero-order chi connectivity index (χ0) is 24.3. The number of hydrogen-bond acceptors (Lipinski definition) is 5. The second-order valence-corrected chi connectivity index (χ2v) is 11.0. The molecule has 1 aromatic heterocycles. The van der Waals surface area contributed by atoms with Gasteiger partial charge in [-0.15, -0.1) is 0 Å². The summed E-state index contributed by atoms with van der Waals surface area (Å²) in [5.74, 6) is 1.32. The van der Waals surface area contributed by atoms with Gasteiger partial charge in [0, 0.05) is 36.3 Å². The van der Waals surface area contributed by atoms with Gasteiger partial charge in [-0.2, -0.15) is 5.26 Å². The van der Waals surface area contributed by atoms with Crippen LogP contribution in [0.4, 0.5) is 0 Å².